The molecule has 1 fully saturated rings. The van der Waals surface area contributed by atoms with E-state index in [9.17, 15) is 9.18 Å². The Morgan fingerprint density at radius 2 is 2.32 bits per heavy atom. The minimum absolute atomic E-state index is 0.00455. The number of hydrogen-bond acceptors (Lipinski definition) is 4. The summed E-state index contributed by atoms with van der Waals surface area (Å²) in [4.78, 5) is 13.5. The van der Waals surface area contributed by atoms with Gasteiger partial charge in [-0.25, -0.2) is 4.39 Å². The molecule has 0 bridgehead atoms. The molecule has 3 atom stereocenters. The van der Waals surface area contributed by atoms with Crippen LogP contribution in [0.3, 0.4) is 0 Å². The third-order valence-corrected chi connectivity index (χ3v) is 3.76. The average molecular weight is 305 g/mol. The van der Waals surface area contributed by atoms with Crippen molar-refractivity contribution >= 4 is 11.6 Å². The first-order chi connectivity index (χ1) is 10.5. The van der Waals surface area contributed by atoms with Gasteiger partial charge in [0.2, 0.25) is 5.91 Å². The number of alkyl halides is 1. The summed E-state index contributed by atoms with van der Waals surface area (Å²) in [7, 11) is 0. The maximum Gasteiger partial charge on any atom is 0.226 e. The number of hydrogen-bond donors (Lipinski definition) is 1. The van der Waals surface area contributed by atoms with Gasteiger partial charge < -0.3 is 15.4 Å². The van der Waals surface area contributed by atoms with Crippen LogP contribution in [0.15, 0.2) is 24.3 Å². The zero-order valence-electron chi connectivity index (χ0n) is 12.5. The summed E-state index contributed by atoms with van der Waals surface area (Å²) < 4.78 is 19.0. The molecular formula is C16H20FN3O2. The minimum Gasteiger partial charge on any atom is -0.398 e. The third kappa shape index (κ3) is 3.95. The van der Waals surface area contributed by atoms with Crippen LogP contribution in [-0.4, -0.2) is 35.7 Å². The Kier molecular flexibility index (Phi) is 5.34. The van der Waals surface area contributed by atoms with Crippen LogP contribution >= 0.6 is 0 Å². The number of benzene rings is 1. The highest BCUT2D eigenvalue weighted by Gasteiger charge is 2.35. The first-order valence-corrected chi connectivity index (χ1v) is 7.29. The highest BCUT2D eigenvalue weighted by Crippen LogP contribution is 2.21. The van der Waals surface area contributed by atoms with Gasteiger partial charge in [0.15, 0.2) is 0 Å². The highest BCUT2D eigenvalue weighted by atomic mass is 19.1. The molecule has 1 amide bonds. The average Bonchev–Trinajstić information content (AvgIpc) is 2.87. The van der Waals surface area contributed by atoms with E-state index in [0.29, 0.717) is 12.3 Å². The highest BCUT2D eigenvalue weighted by molar-refractivity contribution is 5.77. The third-order valence-electron chi connectivity index (χ3n) is 3.76. The number of rotatable bonds is 5. The number of anilines is 1. The van der Waals surface area contributed by atoms with Crippen molar-refractivity contribution in [1.29, 1.82) is 5.26 Å². The standard InChI is InChI=1S/C16H20FN3O2/c1-11(22-10-12-4-2-3-5-15(12)19)6-16(21)20-9-13(17)7-14(20)8-18/h2-5,11,13-14H,6-7,9-10,19H2,1H3/t11-,13-,14-/m0/s1. The lowest BCUT2D eigenvalue weighted by atomic mass is 10.2. The van der Waals surface area contributed by atoms with Crippen LogP contribution in [0.5, 0.6) is 0 Å². The van der Waals surface area contributed by atoms with Gasteiger partial charge in [-0.3, -0.25) is 4.79 Å². The van der Waals surface area contributed by atoms with E-state index in [1.807, 2.05) is 24.3 Å². The predicted molar refractivity (Wildman–Crippen MR) is 80.3 cm³/mol. The molecule has 5 nitrogen and oxygen atoms in total. The van der Waals surface area contributed by atoms with E-state index < -0.39 is 12.2 Å². The van der Waals surface area contributed by atoms with E-state index in [1.165, 1.54) is 4.90 Å². The predicted octanol–water partition coefficient (Wildman–Crippen LogP) is 2.03. The van der Waals surface area contributed by atoms with Crippen LogP contribution < -0.4 is 5.73 Å². The summed E-state index contributed by atoms with van der Waals surface area (Å²) >= 11 is 0. The molecule has 2 rings (SSSR count). The fourth-order valence-electron chi connectivity index (χ4n) is 2.50. The van der Waals surface area contributed by atoms with Gasteiger partial charge in [-0.1, -0.05) is 18.2 Å². The van der Waals surface area contributed by atoms with Crippen LogP contribution in [0.25, 0.3) is 0 Å². The first kappa shape index (κ1) is 16.2. The molecular weight excluding hydrogens is 285 g/mol. The molecule has 1 aromatic carbocycles. The molecule has 0 unspecified atom stereocenters. The topological polar surface area (TPSA) is 79.3 Å². The molecule has 1 aliphatic heterocycles. The van der Waals surface area contributed by atoms with E-state index in [-0.39, 0.29) is 31.4 Å². The van der Waals surface area contributed by atoms with Crippen molar-refractivity contribution in [3.05, 3.63) is 29.8 Å². The van der Waals surface area contributed by atoms with Gasteiger partial charge in [-0.2, -0.15) is 5.26 Å². The number of likely N-dealkylation sites (tertiary alicyclic amines) is 1. The number of amides is 1. The van der Waals surface area contributed by atoms with E-state index in [4.69, 9.17) is 15.7 Å². The Bertz CT molecular complexity index is 573. The van der Waals surface area contributed by atoms with Gasteiger partial charge in [0.25, 0.3) is 0 Å². The van der Waals surface area contributed by atoms with E-state index in [0.717, 1.165) is 5.56 Å². The van der Waals surface area contributed by atoms with E-state index in [1.54, 1.807) is 13.0 Å². The van der Waals surface area contributed by atoms with Gasteiger partial charge in [0.05, 0.1) is 31.7 Å². The molecule has 6 heteroatoms. The quantitative estimate of drug-likeness (QED) is 0.844. The lowest BCUT2D eigenvalue weighted by Crippen LogP contribution is -2.36. The maximum atomic E-state index is 13.3. The van der Waals surface area contributed by atoms with Gasteiger partial charge in [-0.05, 0) is 13.0 Å². The second-order valence-corrected chi connectivity index (χ2v) is 5.55. The number of nitrogens with two attached hydrogens (primary N) is 1. The summed E-state index contributed by atoms with van der Waals surface area (Å²) in [5.41, 5.74) is 7.33. The van der Waals surface area contributed by atoms with E-state index >= 15 is 0 Å². The molecule has 1 saturated heterocycles. The Hall–Kier alpha value is -2.13. The van der Waals surface area contributed by atoms with Crippen LogP contribution in [0.2, 0.25) is 0 Å². The molecule has 0 spiro atoms. The summed E-state index contributed by atoms with van der Waals surface area (Å²) in [6.07, 6.45) is -1.23. The molecule has 1 aromatic rings. The molecule has 118 valence electrons. The Morgan fingerprint density at radius 1 is 1.59 bits per heavy atom. The smallest absolute Gasteiger partial charge is 0.226 e. The number of para-hydroxylation sites is 1. The fraction of sp³-hybridized carbons (Fsp3) is 0.500. The van der Waals surface area contributed by atoms with Crippen molar-refractivity contribution in [3.8, 4) is 6.07 Å². The van der Waals surface area contributed by atoms with Gasteiger partial charge in [-0.15, -0.1) is 0 Å². The van der Waals surface area contributed by atoms with Gasteiger partial charge >= 0.3 is 0 Å². The molecule has 1 aliphatic rings. The monoisotopic (exact) mass is 305 g/mol. The van der Waals surface area contributed by atoms with Crippen LogP contribution in [0.4, 0.5) is 10.1 Å². The normalized spacial score (nSPS) is 22.3. The van der Waals surface area contributed by atoms with E-state index in [2.05, 4.69) is 0 Å². The molecule has 0 aliphatic carbocycles. The van der Waals surface area contributed by atoms with Gasteiger partial charge in [0, 0.05) is 17.7 Å². The first-order valence-electron chi connectivity index (χ1n) is 7.29. The van der Waals surface area contributed by atoms with Crippen molar-refractivity contribution in [2.75, 3.05) is 12.3 Å². The largest absolute Gasteiger partial charge is 0.398 e. The lowest BCUT2D eigenvalue weighted by Gasteiger charge is -2.21. The Balaban J connectivity index is 1.84. The molecule has 1 heterocycles. The maximum absolute atomic E-state index is 13.3. The number of carbonyl (C=O) groups excluding carboxylic acids is 1. The summed E-state index contributed by atoms with van der Waals surface area (Å²) in [6.45, 7) is 2.09. The van der Waals surface area contributed by atoms with Crippen LogP contribution in [0.1, 0.15) is 25.3 Å². The molecule has 2 N–H and O–H groups in total. The summed E-state index contributed by atoms with van der Waals surface area (Å²) in [5.74, 6) is -0.250. The SMILES string of the molecule is C[C@@H](CC(=O)N1C[C@@H](F)C[C@H]1C#N)OCc1ccccc1N. The van der Waals surface area contributed by atoms with Crippen molar-refractivity contribution in [3.63, 3.8) is 0 Å². The Labute approximate surface area is 129 Å². The minimum atomic E-state index is -1.12. The Morgan fingerprint density at radius 3 is 3.00 bits per heavy atom. The second-order valence-electron chi connectivity index (χ2n) is 5.55. The number of nitrogen functional groups attached to an aromatic ring is 1. The molecule has 0 aromatic heterocycles. The van der Waals surface area contributed by atoms with Crippen LogP contribution in [0, 0.1) is 11.3 Å². The second kappa shape index (κ2) is 7.23. The number of nitrogens with zero attached hydrogens (tertiary/aromatic N) is 2. The lowest BCUT2D eigenvalue weighted by molar-refractivity contribution is -0.134. The summed E-state index contributed by atoms with van der Waals surface area (Å²) in [5, 5.41) is 8.96. The van der Waals surface area contributed by atoms with Crippen molar-refractivity contribution < 1.29 is 13.9 Å². The molecule has 0 radical (unpaired) electrons. The van der Waals surface area contributed by atoms with Crippen LogP contribution in [-0.2, 0) is 16.1 Å². The number of nitriles is 1. The van der Waals surface area contributed by atoms with Crippen molar-refractivity contribution in [1.82, 2.24) is 4.90 Å². The van der Waals surface area contributed by atoms with Crippen molar-refractivity contribution in [2.24, 2.45) is 0 Å². The zero-order chi connectivity index (χ0) is 16.1. The number of ether oxygens (including phenoxy) is 1. The number of halogens is 1. The fourth-order valence-corrected chi connectivity index (χ4v) is 2.50. The van der Waals surface area contributed by atoms with Crippen molar-refractivity contribution in [2.45, 2.75) is 44.7 Å². The number of carbonyl (C=O) groups is 1. The summed E-state index contributed by atoms with van der Waals surface area (Å²) in [6, 6.07) is 8.67. The zero-order valence-corrected chi connectivity index (χ0v) is 12.5. The molecule has 0 saturated carbocycles. The van der Waals surface area contributed by atoms with Gasteiger partial charge in [0.1, 0.15) is 12.2 Å². The molecule has 22 heavy (non-hydrogen) atoms.